The Morgan fingerprint density at radius 1 is 1.07 bits per heavy atom. The van der Waals surface area contributed by atoms with Gasteiger partial charge in [-0.1, -0.05) is 50.3 Å². The summed E-state index contributed by atoms with van der Waals surface area (Å²) in [5.41, 5.74) is 0. The van der Waals surface area contributed by atoms with Crippen LogP contribution in [0.1, 0.15) is 57.8 Å². The lowest BCUT2D eigenvalue weighted by Crippen LogP contribution is -2.42. The molecule has 2 fully saturated rings. The SMILES string of the molecule is O=C(CCC1CCCCC1)N1CCC(Oc2nncc3ccccc23)CC1. The van der Waals surface area contributed by atoms with Gasteiger partial charge in [-0.2, -0.15) is 5.10 Å². The van der Waals surface area contributed by atoms with Crippen LogP contribution in [-0.2, 0) is 4.79 Å². The Morgan fingerprint density at radius 3 is 2.67 bits per heavy atom. The van der Waals surface area contributed by atoms with Crippen molar-refractivity contribution in [3.63, 3.8) is 0 Å². The molecule has 5 heteroatoms. The number of benzene rings is 1. The van der Waals surface area contributed by atoms with Crippen LogP contribution in [0.4, 0.5) is 0 Å². The second-order valence-electron chi connectivity index (χ2n) is 7.98. The van der Waals surface area contributed by atoms with Gasteiger partial charge in [-0.3, -0.25) is 4.79 Å². The number of hydrogen-bond donors (Lipinski definition) is 0. The summed E-state index contributed by atoms with van der Waals surface area (Å²) in [6.07, 6.45) is 12.1. The number of likely N-dealkylation sites (tertiary alicyclic amines) is 1. The molecule has 0 atom stereocenters. The summed E-state index contributed by atoms with van der Waals surface area (Å²) in [6.45, 7) is 1.57. The van der Waals surface area contributed by atoms with Crippen molar-refractivity contribution in [1.29, 1.82) is 0 Å². The van der Waals surface area contributed by atoms with E-state index in [1.165, 1.54) is 32.1 Å². The third-order valence-corrected chi connectivity index (χ3v) is 6.10. The van der Waals surface area contributed by atoms with E-state index >= 15 is 0 Å². The predicted octanol–water partition coefficient (Wildman–Crippen LogP) is 4.36. The van der Waals surface area contributed by atoms with Gasteiger partial charge in [0.25, 0.3) is 0 Å². The maximum absolute atomic E-state index is 12.5. The standard InChI is InChI=1S/C22H29N3O2/c26-21(11-10-17-6-2-1-3-7-17)25-14-12-19(13-15-25)27-22-20-9-5-4-8-18(20)16-23-24-22/h4-5,8-9,16-17,19H,1-3,6-7,10-15H2. The molecule has 1 saturated heterocycles. The van der Waals surface area contributed by atoms with Gasteiger partial charge >= 0.3 is 0 Å². The summed E-state index contributed by atoms with van der Waals surface area (Å²) in [7, 11) is 0. The Hall–Kier alpha value is -2.17. The molecule has 5 nitrogen and oxygen atoms in total. The highest BCUT2D eigenvalue weighted by Gasteiger charge is 2.25. The molecule has 27 heavy (non-hydrogen) atoms. The van der Waals surface area contributed by atoms with Crippen molar-refractivity contribution >= 4 is 16.7 Å². The lowest BCUT2D eigenvalue weighted by molar-refractivity contribution is -0.133. The molecule has 2 aliphatic rings. The molecule has 4 rings (SSSR count). The number of fused-ring (bicyclic) bond motifs is 1. The Balaban J connectivity index is 1.26. The third kappa shape index (κ3) is 4.57. The van der Waals surface area contributed by atoms with E-state index < -0.39 is 0 Å². The van der Waals surface area contributed by atoms with Crippen molar-refractivity contribution in [2.24, 2.45) is 5.92 Å². The van der Waals surface area contributed by atoms with Gasteiger partial charge in [0.2, 0.25) is 11.8 Å². The van der Waals surface area contributed by atoms with Gasteiger partial charge in [0.05, 0.1) is 6.20 Å². The highest BCUT2D eigenvalue weighted by Crippen LogP contribution is 2.28. The zero-order chi connectivity index (χ0) is 18.5. The van der Waals surface area contributed by atoms with Gasteiger partial charge < -0.3 is 9.64 Å². The minimum atomic E-state index is 0.104. The Bertz CT molecular complexity index is 760. The van der Waals surface area contributed by atoms with Crippen LogP contribution in [-0.4, -0.2) is 40.2 Å². The number of ether oxygens (including phenoxy) is 1. The molecule has 2 aromatic rings. The van der Waals surface area contributed by atoms with Gasteiger partial charge in [-0.25, -0.2) is 0 Å². The highest BCUT2D eigenvalue weighted by molar-refractivity contribution is 5.85. The molecule has 0 spiro atoms. The quantitative estimate of drug-likeness (QED) is 0.788. The minimum Gasteiger partial charge on any atom is -0.473 e. The normalized spacial score (nSPS) is 19.3. The van der Waals surface area contributed by atoms with E-state index in [0.717, 1.165) is 49.0 Å². The molecule has 2 heterocycles. The van der Waals surface area contributed by atoms with E-state index in [0.29, 0.717) is 18.2 Å². The molecular formula is C22H29N3O2. The fraction of sp³-hybridized carbons (Fsp3) is 0.591. The fourth-order valence-corrected chi connectivity index (χ4v) is 4.43. The molecule has 1 amide bonds. The van der Waals surface area contributed by atoms with Gasteiger partial charge in [-0.05, 0) is 18.4 Å². The number of hydrogen-bond acceptors (Lipinski definition) is 4. The van der Waals surface area contributed by atoms with Crippen molar-refractivity contribution in [2.45, 2.75) is 63.9 Å². The lowest BCUT2D eigenvalue weighted by Gasteiger charge is -2.32. The van der Waals surface area contributed by atoms with Crippen LogP contribution in [0.15, 0.2) is 30.5 Å². The monoisotopic (exact) mass is 367 g/mol. The lowest BCUT2D eigenvalue weighted by atomic mass is 9.86. The van der Waals surface area contributed by atoms with Crippen LogP contribution in [0, 0.1) is 5.92 Å². The number of nitrogens with zero attached hydrogens (tertiary/aromatic N) is 3. The average Bonchev–Trinajstić information content (AvgIpc) is 2.74. The first-order chi connectivity index (χ1) is 13.3. The molecule has 1 aliphatic carbocycles. The maximum Gasteiger partial charge on any atom is 0.241 e. The van der Waals surface area contributed by atoms with Crippen molar-refractivity contribution in [3.8, 4) is 5.88 Å². The molecule has 1 aliphatic heterocycles. The predicted molar refractivity (Wildman–Crippen MR) is 106 cm³/mol. The van der Waals surface area contributed by atoms with E-state index in [2.05, 4.69) is 10.2 Å². The summed E-state index contributed by atoms with van der Waals surface area (Å²) >= 11 is 0. The smallest absolute Gasteiger partial charge is 0.241 e. The molecule has 144 valence electrons. The average molecular weight is 367 g/mol. The molecule has 0 radical (unpaired) electrons. The number of amides is 1. The van der Waals surface area contributed by atoms with E-state index in [1.54, 1.807) is 6.20 Å². The van der Waals surface area contributed by atoms with E-state index in [4.69, 9.17) is 4.74 Å². The second-order valence-corrected chi connectivity index (χ2v) is 7.98. The topological polar surface area (TPSA) is 55.3 Å². The molecular weight excluding hydrogens is 338 g/mol. The molecule has 1 saturated carbocycles. The van der Waals surface area contributed by atoms with Crippen LogP contribution < -0.4 is 4.74 Å². The highest BCUT2D eigenvalue weighted by atomic mass is 16.5. The summed E-state index contributed by atoms with van der Waals surface area (Å²) < 4.78 is 6.14. The van der Waals surface area contributed by atoms with Gasteiger partial charge in [-0.15, -0.1) is 5.10 Å². The van der Waals surface area contributed by atoms with Crippen molar-refractivity contribution in [3.05, 3.63) is 30.5 Å². The summed E-state index contributed by atoms with van der Waals surface area (Å²) in [4.78, 5) is 14.6. The Labute approximate surface area is 161 Å². The van der Waals surface area contributed by atoms with Crippen molar-refractivity contribution in [2.75, 3.05) is 13.1 Å². The van der Waals surface area contributed by atoms with Crippen LogP contribution in [0.5, 0.6) is 5.88 Å². The number of rotatable bonds is 5. The molecule has 0 bridgehead atoms. The Morgan fingerprint density at radius 2 is 1.85 bits per heavy atom. The van der Waals surface area contributed by atoms with Crippen molar-refractivity contribution in [1.82, 2.24) is 15.1 Å². The minimum absolute atomic E-state index is 0.104. The first-order valence-electron chi connectivity index (χ1n) is 10.4. The maximum atomic E-state index is 12.5. The zero-order valence-corrected chi connectivity index (χ0v) is 16.0. The first kappa shape index (κ1) is 18.2. The van der Waals surface area contributed by atoms with E-state index in [-0.39, 0.29) is 6.10 Å². The largest absolute Gasteiger partial charge is 0.473 e. The van der Waals surface area contributed by atoms with E-state index in [9.17, 15) is 4.79 Å². The summed E-state index contributed by atoms with van der Waals surface area (Å²) in [6, 6.07) is 8.02. The van der Waals surface area contributed by atoms with Gasteiger partial charge in [0.15, 0.2) is 0 Å². The van der Waals surface area contributed by atoms with Crippen molar-refractivity contribution < 1.29 is 9.53 Å². The van der Waals surface area contributed by atoms with Gasteiger partial charge in [0, 0.05) is 43.1 Å². The zero-order valence-electron chi connectivity index (χ0n) is 16.0. The molecule has 0 N–H and O–H groups in total. The van der Waals surface area contributed by atoms with Gasteiger partial charge in [0.1, 0.15) is 6.10 Å². The molecule has 1 aromatic heterocycles. The summed E-state index contributed by atoms with van der Waals surface area (Å²) in [5.74, 6) is 1.70. The number of piperidine rings is 1. The van der Waals surface area contributed by atoms with Crippen LogP contribution >= 0.6 is 0 Å². The van der Waals surface area contributed by atoms with Crippen LogP contribution in [0.2, 0.25) is 0 Å². The van der Waals surface area contributed by atoms with Crippen LogP contribution in [0.3, 0.4) is 0 Å². The Kier molecular flexibility index (Phi) is 5.85. The fourth-order valence-electron chi connectivity index (χ4n) is 4.43. The number of carbonyl (C=O) groups is 1. The van der Waals surface area contributed by atoms with Crippen LogP contribution in [0.25, 0.3) is 10.8 Å². The molecule has 0 unspecified atom stereocenters. The van der Waals surface area contributed by atoms with E-state index in [1.807, 2.05) is 29.2 Å². The number of aromatic nitrogens is 2. The third-order valence-electron chi connectivity index (χ3n) is 6.10. The number of carbonyl (C=O) groups excluding carboxylic acids is 1. The summed E-state index contributed by atoms with van der Waals surface area (Å²) in [5, 5.41) is 10.3. The second kappa shape index (κ2) is 8.68. The first-order valence-corrected chi connectivity index (χ1v) is 10.4. The molecule has 1 aromatic carbocycles.